The van der Waals surface area contributed by atoms with Gasteiger partial charge in [-0.15, -0.1) is 0 Å². The maximum atomic E-state index is 13.3. The summed E-state index contributed by atoms with van der Waals surface area (Å²) in [5.41, 5.74) is 1.00. The Hall–Kier alpha value is -4.23. The van der Waals surface area contributed by atoms with Gasteiger partial charge in [0.15, 0.2) is 0 Å². The number of aromatic nitrogens is 1. The van der Waals surface area contributed by atoms with Gasteiger partial charge in [0, 0.05) is 23.2 Å². The zero-order chi connectivity index (χ0) is 28.6. The summed E-state index contributed by atoms with van der Waals surface area (Å²) in [5.74, 6) is 0.112. The second kappa shape index (κ2) is 12.5. The molecule has 2 aliphatic heterocycles. The molecule has 204 valence electrons. The summed E-state index contributed by atoms with van der Waals surface area (Å²) in [6.07, 6.45) is 4.46. The minimum Gasteiger partial charge on any atom is -0.329 e. The van der Waals surface area contributed by atoms with Crippen LogP contribution in [0.25, 0.3) is 0 Å². The van der Waals surface area contributed by atoms with E-state index in [1.807, 2.05) is 25.1 Å². The van der Waals surface area contributed by atoms with Crippen LogP contribution in [0.15, 0.2) is 84.7 Å². The van der Waals surface area contributed by atoms with Gasteiger partial charge < -0.3 is 15.1 Å². The summed E-state index contributed by atoms with van der Waals surface area (Å²) in [6, 6.07) is 12.3. The van der Waals surface area contributed by atoms with E-state index in [-0.39, 0.29) is 17.6 Å². The molecule has 1 aromatic carbocycles. The number of likely N-dealkylation sites (tertiary alicyclic amines) is 2. The molecule has 7 nitrogen and oxygen atoms in total. The van der Waals surface area contributed by atoms with Crippen LogP contribution < -0.4 is 5.32 Å². The SMILES string of the molecule is C=C/C(=C\C(C#N)=C/C)N1C(=O)C2(CCN(C)CC2)C1c1ccccn1.O=CNc1cccc(C(F)(F)F)c1. The lowest BCUT2D eigenvalue weighted by atomic mass is 9.63. The molecule has 3 heterocycles. The summed E-state index contributed by atoms with van der Waals surface area (Å²) in [4.78, 5) is 31.8. The normalized spacial score (nSPS) is 19.3. The van der Waals surface area contributed by atoms with Crippen molar-refractivity contribution in [1.82, 2.24) is 14.8 Å². The van der Waals surface area contributed by atoms with E-state index < -0.39 is 17.2 Å². The maximum Gasteiger partial charge on any atom is 0.416 e. The van der Waals surface area contributed by atoms with Crippen LogP contribution in [0.4, 0.5) is 18.9 Å². The first-order valence-electron chi connectivity index (χ1n) is 12.3. The Kier molecular flexibility index (Phi) is 9.43. The predicted molar refractivity (Wildman–Crippen MR) is 142 cm³/mol. The van der Waals surface area contributed by atoms with Gasteiger partial charge in [-0.3, -0.25) is 14.6 Å². The Morgan fingerprint density at radius 2 is 1.95 bits per heavy atom. The van der Waals surface area contributed by atoms with Crippen LogP contribution in [0.5, 0.6) is 0 Å². The van der Waals surface area contributed by atoms with E-state index in [0.717, 1.165) is 43.8 Å². The number of hydrogen-bond donors (Lipinski definition) is 1. The van der Waals surface area contributed by atoms with Gasteiger partial charge in [0.25, 0.3) is 0 Å². The van der Waals surface area contributed by atoms with Crippen molar-refractivity contribution in [1.29, 1.82) is 5.26 Å². The molecule has 1 N–H and O–H groups in total. The molecule has 1 spiro atoms. The predicted octanol–water partition coefficient (Wildman–Crippen LogP) is 5.49. The van der Waals surface area contributed by atoms with E-state index in [9.17, 15) is 28.0 Å². The molecule has 1 unspecified atom stereocenters. The maximum absolute atomic E-state index is 13.3. The summed E-state index contributed by atoms with van der Waals surface area (Å²) < 4.78 is 36.3. The van der Waals surface area contributed by atoms with Gasteiger partial charge in [0.1, 0.15) is 0 Å². The van der Waals surface area contributed by atoms with Crippen LogP contribution in [0.1, 0.15) is 37.1 Å². The van der Waals surface area contributed by atoms with Crippen molar-refractivity contribution in [2.24, 2.45) is 5.41 Å². The van der Waals surface area contributed by atoms with E-state index in [2.05, 4.69) is 34.9 Å². The van der Waals surface area contributed by atoms with Crippen LogP contribution in [-0.2, 0) is 15.8 Å². The number of nitriles is 1. The number of β-lactam (4-membered cyclic amide) rings is 1. The quantitative estimate of drug-likeness (QED) is 0.228. The van der Waals surface area contributed by atoms with E-state index in [4.69, 9.17) is 0 Å². The number of carbonyl (C=O) groups excluding carboxylic acids is 2. The highest BCUT2D eigenvalue weighted by Crippen LogP contribution is 2.57. The fourth-order valence-corrected chi connectivity index (χ4v) is 4.80. The number of nitrogens with one attached hydrogen (secondary N) is 1. The van der Waals surface area contributed by atoms with E-state index in [1.54, 1.807) is 29.3 Å². The van der Waals surface area contributed by atoms with Gasteiger partial charge in [0.2, 0.25) is 12.3 Å². The summed E-state index contributed by atoms with van der Waals surface area (Å²) in [7, 11) is 2.09. The molecular formula is C29H30F3N5O2. The Morgan fingerprint density at radius 1 is 1.23 bits per heavy atom. The number of nitrogens with zero attached hydrogens (tertiary/aromatic N) is 4. The molecule has 4 rings (SSSR count). The first-order valence-corrected chi connectivity index (χ1v) is 12.3. The first kappa shape index (κ1) is 29.3. The third-order valence-electron chi connectivity index (χ3n) is 6.92. The topological polar surface area (TPSA) is 89.3 Å². The number of benzene rings is 1. The number of amides is 2. The number of alkyl halides is 3. The van der Waals surface area contributed by atoms with Crippen molar-refractivity contribution in [3.63, 3.8) is 0 Å². The molecule has 1 atom stereocenters. The third-order valence-corrected chi connectivity index (χ3v) is 6.92. The van der Waals surface area contributed by atoms with Crippen molar-refractivity contribution in [3.05, 3.63) is 96.0 Å². The molecule has 0 bridgehead atoms. The third kappa shape index (κ3) is 6.44. The highest BCUT2D eigenvalue weighted by Gasteiger charge is 2.62. The van der Waals surface area contributed by atoms with Crippen LogP contribution in [0.3, 0.4) is 0 Å². The molecular weight excluding hydrogens is 507 g/mol. The fourth-order valence-electron chi connectivity index (χ4n) is 4.80. The minimum absolute atomic E-state index is 0.112. The summed E-state index contributed by atoms with van der Waals surface area (Å²) >= 11 is 0. The molecule has 0 saturated carbocycles. The summed E-state index contributed by atoms with van der Waals surface area (Å²) in [5, 5.41) is 11.4. The average molecular weight is 538 g/mol. The van der Waals surface area contributed by atoms with Crippen LogP contribution in [0, 0.1) is 16.7 Å². The van der Waals surface area contributed by atoms with E-state index in [0.29, 0.717) is 17.7 Å². The highest BCUT2D eigenvalue weighted by molar-refractivity contribution is 5.93. The second-order valence-electron chi connectivity index (χ2n) is 9.26. The zero-order valence-corrected chi connectivity index (χ0v) is 21.8. The molecule has 39 heavy (non-hydrogen) atoms. The van der Waals surface area contributed by atoms with Crippen molar-refractivity contribution in [3.8, 4) is 6.07 Å². The number of halogens is 3. The van der Waals surface area contributed by atoms with E-state index >= 15 is 0 Å². The standard InChI is InChI=1S/C21H24N4O.C8H6F3NO/c1-4-16(15-22)14-17(5-2)25-19(18-8-6-7-11-23-18)21(20(25)26)9-12-24(3)13-10-21;9-8(10,11)6-2-1-3-7(4-6)12-5-13/h4-8,11,14,19H,2,9-10,12-13H2,1,3H3;1-5H,(H,12,13)/b16-4+,17-14+;. The highest BCUT2D eigenvalue weighted by atomic mass is 19.4. The molecule has 0 aliphatic carbocycles. The van der Waals surface area contributed by atoms with Crippen molar-refractivity contribution < 1.29 is 22.8 Å². The molecule has 10 heteroatoms. The molecule has 2 saturated heterocycles. The molecule has 0 radical (unpaired) electrons. The number of allylic oxidation sites excluding steroid dienone is 4. The van der Waals surface area contributed by atoms with Crippen molar-refractivity contribution in [2.75, 3.05) is 25.5 Å². The number of anilines is 1. The lowest BCUT2D eigenvalue weighted by molar-refractivity contribution is -0.174. The van der Waals surface area contributed by atoms with Crippen LogP contribution >= 0.6 is 0 Å². The van der Waals surface area contributed by atoms with Crippen molar-refractivity contribution in [2.45, 2.75) is 32.0 Å². The van der Waals surface area contributed by atoms with Gasteiger partial charge in [-0.2, -0.15) is 18.4 Å². The zero-order valence-electron chi connectivity index (χ0n) is 21.8. The molecule has 2 aliphatic rings. The van der Waals surface area contributed by atoms with Gasteiger partial charge >= 0.3 is 6.18 Å². The van der Waals surface area contributed by atoms with Crippen LogP contribution in [0.2, 0.25) is 0 Å². The van der Waals surface area contributed by atoms with Gasteiger partial charge in [-0.1, -0.05) is 24.8 Å². The lowest BCUT2D eigenvalue weighted by Crippen LogP contribution is -2.65. The van der Waals surface area contributed by atoms with E-state index in [1.165, 1.54) is 12.1 Å². The van der Waals surface area contributed by atoms with Gasteiger partial charge in [0.05, 0.1) is 28.8 Å². The van der Waals surface area contributed by atoms with Crippen molar-refractivity contribution >= 4 is 18.0 Å². The molecule has 2 fully saturated rings. The number of pyridine rings is 1. The number of rotatable bonds is 6. The monoisotopic (exact) mass is 537 g/mol. The smallest absolute Gasteiger partial charge is 0.329 e. The number of piperidine rings is 1. The average Bonchev–Trinajstić information content (AvgIpc) is 2.94. The second-order valence-corrected chi connectivity index (χ2v) is 9.26. The number of hydrogen-bond acceptors (Lipinski definition) is 5. The largest absolute Gasteiger partial charge is 0.416 e. The summed E-state index contributed by atoms with van der Waals surface area (Å²) in [6.45, 7) is 7.47. The number of carbonyl (C=O) groups is 2. The Bertz CT molecular complexity index is 1290. The Labute approximate surface area is 225 Å². The minimum atomic E-state index is -4.37. The lowest BCUT2D eigenvalue weighted by Gasteiger charge is -2.58. The fraction of sp³-hybridized carbons (Fsp3) is 0.310. The Balaban J connectivity index is 0.000000272. The van der Waals surface area contributed by atoms with Gasteiger partial charge in [-0.05, 0) is 82.4 Å². The molecule has 2 amide bonds. The molecule has 2 aromatic rings. The van der Waals surface area contributed by atoms with Crippen LogP contribution in [-0.4, -0.2) is 47.2 Å². The molecule has 1 aromatic heterocycles. The van der Waals surface area contributed by atoms with Gasteiger partial charge in [-0.25, -0.2) is 0 Å². The Morgan fingerprint density at radius 3 is 2.49 bits per heavy atom. The first-order chi connectivity index (χ1) is 18.6.